The van der Waals surface area contributed by atoms with E-state index in [0.717, 1.165) is 0 Å². The molecule has 0 spiro atoms. The van der Waals surface area contributed by atoms with Gasteiger partial charge in [0, 0.05) is 0 Å². The maximum atomic E-state index is 11.8. The van der Waals surface area contributed by atoms with Crippen molar-refractivity contribution in [1.82, 2.24) is 19.5 Å². The quantitative estimate of drug-likeness (QED) is 0.634. The Labute approximate surface area is 161 Å². The maximum Gasteiger partial charge on any atom is 0.563 e. The molecule has 2 aromatic rings. The van der Waals surface area contributed by atoms with Gasteiger partial charge in [-0.05, 0) is 23.0 Å². The molecular formula is C14H19N5O7P2+2. The van der Waals surface area contributed by atoms with E-state index in [9.17, 15) is 9.13 Å². The van der Waals surface area contributed by atoms with Gasteiger partial charge in [-0.1, -0.05) is 0 Å². The van der Waals surface area contributed by atoms with Crippen molar-refractivity contribution in [3.8, 4) is 0 Å². The van der Waals surface area contributed by atoms with Gasteiger partial charge in [0.25, 0.3) is 0 Å². The minimum absolute atomic E-state index is 0.0841. The molecule has 0 radical (unpaired) electrons. The summed E-state index contributed by atoms with van der Waals surface area (Å²) >= 11 is 0. The second-order valence-electron chi connectivity index (χ2n) is 6.83. The number of nitrogens with zero attached hydrogens (tertiary/aromatic N) is 4. The van der Waals surface area contributed by atoms with E-state index in [2.05, 4.69) is 15.0 Å². The third-order valence-electron chi connectivity index (χ3n) is 4.41. The number of nitrogens with two attached hydrogens (primary N) is 1. The third-order valence-corrected chi connectivity index (χ3v) is 6.73. The molecule has 28 heavy (non-hydrogen) atoms. The minimum atomic E-state index is -2.55. The van der Waals surface area contributed by atoms with Crippen LogP contribution >= 0.6 is 16.1 Å². The van der Waals surface area contributed by atoms with Gasteiger partial charge in [-0.15, -0.1) is 4.52 Å². The molecule has 12 nitrogen and oxygen atoms in total. The van der Waals surface area contributed by atoms with E-state index in [1.807, 2.05) is 0 Å². The van der Waals surface area contributed by atoms with Gasteiger partial charge >= 0.3 is 22.0 Å². The van der Waals surface area contributed by atoms with Gasteiger partial charge in [-0.2, -0.15) is 4.89 Å². The Balaban J connectivity index is 1.59. The summed E-state index contributed by atoms with van der Waals surface area (Å²) < 4.78 is 47.5. The SMILES string of the molecule is CC1(C)O[C@@H]2[C@H](O1)[C@@H](CO[P+](=O)C[P+](=O)O)O[C@H]2n1cnc2c(N)ncnc21. The summed E-state index contributed by atoms with van der Waals surface area (Å²) in [5.41, 5.74) is 6.77. The van der Waals surface area contributed by atoms with Crippen molar-refractivity contribution in [1.29, 1.82) is 0 Å². The molecule has 2 aromatic heterocycles. The lowest BCUT2D eigenvalue weighted by atomic mass is 10.1. The average molecular weight is 431 g/mol. The lowest BCUT2D eigenvalue weighted by Gasteiger charge is -2.24. The van der Waals surface area contributed by atoms with Gasteiger partial charge in [0.15, 0.2) is 23.5 Å². The van der Waals surface area contributed by atoms with Gasteiger partial charge in [0.1, 0.15) is 36.8 Å². The zero-order chi connectivity index (χ0) is 20.1. The zero-order valence-corrected chi connectivity index (χ0v) is 16.8. The highest BCUT2D eigenvalue weighted by atomic mass is 31.2. The predicted molar refractivity (Wildman–Crippen MR) is 95.7 cm³/mol. The van der Waals surface area contributed by atoms with Crippen LogP contribution in [0.25, 0.3) is 11.2 Å². The summed E-state index contributed by atoms with van der Waals surface area (Å²) in [5, 5.41) is 0. The van der Waals surface area contributed by atoms with Crippen molar-refractivity contribution < 1.29 is 32.8 Å². The van der Waals surface area contributed by atoms with Crippen LogP contribution < -0.4 is 5.73 Å². The Bertz CT molecular complexity index is 938. The molecule has 6 atom stereocenters. The van der Waals surface area contributed by atoms with Crippen molar-refractivity contribution in [2.24, 2.45) is 0 Å². The monoisotopic (exact) mass is 431 g/mol. The molecule has 4 rings (SSSR count). The number of rotatable bonds is 6. The Hall–Kier alpha value is -1.65. The van der Waals surface area contributed by atoms with E-state index >= 15 is 0 Å². The summed E-state index contributed by atoms with van der Waals surface area (Å²) in [7, 11) is -4.83. The Morgan fingerprint density at radius 1 is 1.29 bits per heavy atom. The number of aromatic nitrogens is 4. The molecule has 0 aliphatic carbocycles. The average Bonchev–Trinajstić information content (AvgIpc) is 3.24. The zero-order valence-electron chi connectivity index (χ0n) is 15.0. The van der Waals surface area contributed by atoms with Crippen molar-refractivity contribution in [2.45, 2.75) is 44.2 Å². The molecule has 0 amide bonds. The molecule has 2 unspecified atom stereocenters. The van der Waals surface area contributed by atoms with Gasteiger partial charge < -0.3 is 19.9 Å². The van der Waals surface area contributed by atoms with E-state index in [-0.39, 0.29) is 12.4 Å². The molecule has 2 aliphatic heterocycles. The highest BCUT2D eigenvalue weighted by Crippen LogP contribution is 2.45. The first-order valence-electron chi connectivity index (χ1n) is 8.40. The molecule has 3 N–H and O–H groups in total. The fraction of sp³-hybridized carbons (Fsp3) is 0.643. The number of ether oxygens (including phenoxy) is 3. The summed E-state index contributed by atoms with van der Waals surface area (Å²) in [6.07, 6.45) is 0.634. The number of anilines is 1. The van der Waals surface area contributed by atoms with Crippen LogP contribution in [-0.2, 0) is 27.9 Å². The van der Waals surface area contributed by atoms with Gasteiger partial charge in [-0.25, -0.2) is 15.0 Å². The minimum Gasteiger partial charge on any atom is -0.382 e. The molecule has 2 aliphatic rings. The molecule has 14 heteroatoms. The fourth-order valence-electron chi connectivity index (χ4n) is 3.37. The standard InChI is InChI=1S/C14H18N5O7P2/c1-14(2)25-9-7(3-23-28(22)6-27(20)21)24-13(10(9)26-14)19-5-18-8-11(15)16-4-17-12(8)19/h4-5,7,9-10,13H,3,6H2,1-2H3,(H2-,15,16,17,20,21)/q+1/p+1/t7-,9-,10-,13-/m1/s1. The van der Waals surface area contributed by atoms with Crippen LogP contribution in [0.15, 0.2) is 12.7 Å². The van der Waals surface area contributed by atoms with Crippen LogP contribution in [-0.4, -0.2) is 61.0 Å². The Kier molecular flexibility index (Phi) is 5.13. The molecule has 0 aromatic carbocycles. The lowest BCUT2D eigenvalue weighted by molar-refractivity contribution is -0.198. The molecule has 150 valence electrons. The van der Waals surface area contributed by atoms with E-state index in [1.165, 1.54) is 12.7 Å². The highest BCUT2D eigenvalue weighted by molar-refractivity contribution is 7.56. The fourth-order valence-corrected chi connectivity index (χ4v) is 4.80. The van der Waals surface area contributed by atoms with Gasteiger partial charge in [0.2, 0.25) is 0 Å². The first-order chi connectivity index (χ1) is 13.2. The highest BCUT2D eigenvalue weighted by Gasteiger charge is 2.57. The van der Waals surface area contributed by atoms with Crippen LogP contribution in [0.3, 0.4) is 0 Å². The molecular weight excluding hydrogens is 412 g/mol. The van der Waals surface area contributed by atoms with Crippen molar-refractivity contribution in [3.63, 3.8) is 0 Å². The van der Waals surface area contributed by atoms with Crippen LogP contribution in [0.5, 0.6) is 0 Å². The Morgan fingerprint density at radius 3 is 2.79 bits per heavy atom. The number of nitrogen functional groups attached to an aromatic ring is 1. The molecule has 2 fully saturated rings. The van der Waals surface area contributed by atoms with Crippen molar-refractivity contribution in [3.05, 3.63) is 12.7 Å². The molecule has 2 saturated heterocycles. The maximum absolute atomic E-state index is 11.8. The third kappa shape index (κ3) is 3.65. The lowest BCUT2D eigenvalue weighted by Crippen LogP contribution is -2.32. The Morgan fingerprint density at radius 2 is 2.04 bits per heavy atom. The topological polar surface area (TPSA) is 161 Å². The van der Waals surface area contributed by atoms with E-state index in [0.29, 0.717) is 11.2 Å². The summed E-state index contributed by atoms with van der Waals surface area (Å²) in [6.45, 7) is 3.48. The molecule has 0 saturated carbocycles. The normalized spacial score (nSPS) is 29.8. The molecule has 4 heterocycles. The predicted octanol–water partition coefficient (Wildman–Crippen LogP) is 1.28. The van der Waals surface area contributed by atoms with Gasteiger partial charge in [0.05, 0.1) is 6.33 Å². The van der Waals surface area contributed by atoms with Crippen LogP contribution in [0, 0.1) is 0 Å². The van der Waals surface area contributed by atoms with E-state index in [4.69, 9.17) is 29.4 Å². The first kappa shape index (κ1) is 19.7. The van der Waals surface area contributed by atoms with Crippen molar-refractivity contribution in [2.75, 3.05) is 18.2 Å². The van der Waals surface area contributed by atoms with Crippen LogP contribution in [0.1, 0.15) is 20.1 Å². The van der Waals surface area contributed by atoms with Crippen LogP contribution in [0.2, 0.25) is 0 Å². The molecule has 0 bridgehead atoms. The summed E-state index contributed by atoms with van der Waals surface area (Å²) in [4.78, 5) is 21.2. The summed E-state index contributed by atoms with van der Waals surface area (Å²) in [6, 6.07) is 0. The van der Waals surface area contributed by atoms with E-state index < -0.39 is 52.3 Å². The smallest absolute Gasteiger partial charge is 0.382 e. The van der Waals surface area contributed by atoms with Gasteiger partial charge in [-0.3, -0.25) is 4.57 Å². The van der Waals surface area contributed by atoms with Crippen LogP contribution in [0.4, 0.5) is 5.82 Å². The van der Waals surface area contributed by atoms with Crippen molar-refractivity contribution >= 4 is 33.0 Å². The van der Waals surface area contributed by atoms with E-state index in [1.54, 1.807) is 18.4 Å². The number of fused-ring (bicyclic) bond motifs is 2. The number of imidazole rings is 1. The number of hydrogen-bond acceptors (Lipinski definition) is 10. The largest absolute Gasteiger partial charge is 0.563 e. The second kappa shape index (κ2) is 7.31. The number of hydrogen-bond donors (Lipinski definition) is 2. The second-order valence-corrected chi connectivity index (χ2v) is 9.59. The summed E-state index contributed by atoms with van der Waals surface area (Å²) in [5.74, 6) is -1.03. The first-order valence-corrected chi connectivity index (χ1v) is 11.2.